The standard InChI is InChI=1S/C18H25NO3.C10H13NO2.C7H8O3S/c1-3-15-10-7-11-16(15)17(20)19-13(2)18(21)22-12-14-8-5-4-6-9-14;1-8(11)10(12)13-7-9-5-3-2-4-6-9;1-6-2-4-7(5-3-6)11(8,9)10/h4-6,8-9,13,15-16H,3,7,10-12H2,1-2H3,(H,19,20);2-6,8H,7,11H2,1H3;2-5H,1H3,(H,8,9,10)/t13-,15-,16-;8-;/m11./s1. The van der Waals surface area contributed by atoms with Gasteiger partial charge >= 0.3 is 11.9 Å². The number of amides is 1. The number of rotatable bonds is 10. The van der Waals surface area contributed by atoms with Crippen LogP contribution in [0.3, 0.4) is 0 Å². The minimum atomic E-state index is -4.02. The summed E-state index contributed by atoms with van der Waals surface area (Å²) in [6.07, 6.45) is 4.16. The third-order valence-corrected chi connectivity index (χ3v) is 8.24. The number of carbonyl (C=O) groups is 3. The molecule has 4 atom stereocenters. The zero-order valence-corrected chi connectivity index (χ0v) is 27.7. The molecule has 46 heavy (non-hydrogen) atoms. The van der Waals surface area contributed by atoms with E-state index in [2.05, 4.69) is 12.2 Å². The van der Waals surface area contributed by atoms with Gasteiger partial charge in [0.2, 0.25) is 5.91 Å². The van der Waals surface area contributed by atoms with Gasteiger partial charge in [-0.25, -0.2) is 4.79 Å². The summed E-state index contributed by atoms with van der Waals surface area (Å²) in [7, 11) is -4.02. The van der Waals surface area contributed by atoms with E-state index in [9.17, 15) is 22.8 Å². The summed E-state index contributed by atoms with van der Waals surface area (Å²) in [5, 5.41) is 2.81. The van der Waals surface area contributed by atoms with Crippen molar-refractivity contribution in [2.45, 2.75) is 83.6 Å². The molecular formula is C35H46N2O8S. The minimum Gasteiger partial charge on any atom is -0.460 e. The van der Waals surface area contributed by atoms with Gasteiger partial charge in [0.1, 0.15) is 25.3 Å². The van der Waals surface area contributed by atoms with Crippen LogP contribution in [0.25, 0.3) is 0 Å². The number of hydrogen-bond donors (Lipinski definition) is 3. The first-order chi connectivity index (χ1) is 21.8. The highest BCUT2D eigenvalue weighted by atomic mass is 32.2. The lowest BCUT2D eigenvalue weighted by Gasteiger charge is -2.20. The Morgan fingerprint density at radius 2 is 1.35 bits per heavy atom. The summed E-state index contributed by atoms with van der Waals surface area (Å²) in [5.74, 6) is -0.262. The van der Waals surface area contributed by atoms with Gasteiger partial charge in [-0.05, 0) is 62.8 Å². The summed E-state index contributed by atoms with van der Waals surface area (Å²) in [5.41, 5.74) is 8.19. The Bertz CT molecular complexity index is 1460. The molecule has 1 saturated carbocycles. The van der Waals surface area contributed by atoms with E-state index in [0.717, 1.165) is 42.4 Å². The lowest BCUT2D eigenvalue weighted by atomic mass is 9.93. The maximum Gasteiger partial charge on any atom is 0.328 e. The fourth-order valence-corrected chi connectivity index (χ4v) is 5.15. The van der Waals surface area contributed by atoms with Crippen LogP contribution in [0.4, 0.5) is 0 Å². The number of benzene rings is 3. The number of ether oxygens (including phenoxy) is 2. The molecule has 10 nitrogen and oxygen atoms in total. The van der Waals surface area contributed by atoms with Gasteiger partial charge in [0.05, 0.1) is 4.90 Å². The zero-order chi connectivity index (χ0) is 34.1. The molecule has 1 fully saturated rings. The highest BCUT2D eigenvalue weighted by molar-refractivity contribution is 7.85. The summed E-state index contributed by atoms with van der Waals surface area (Å²) in [6, 6.07) is 23.9. The first kappa shape index (κ1) is 38.1. The molecule has 0 unspecified atom stereocenters. The molecule has 0 aliphatic heterocycles. The zero-order valence-electron chi connectivity index (χ0n) is 26.9. The van der Waals surface area contributed by atoms with E-state index < -0.39 is 22.2 Å². The van der Waals surface area contributed by atoms with Crippen LogP contribution < -0.4 is 11.1 Å². The van der Waals surface area contributed by atoms with Crippen molar-refractivity contribution in [2.75, 3.05) is 0 Å². The molecule has 4 N–H and O–H groups in total. The second-order valence-electron chi connectivity index (χ2n) is 11.2. The predicted octanol–water partition coefficient (Wildman–Crippen LogP) is 5.38. The fraction of sp³-hybridized carbons (Fsp3) is 0.400. The maximum absolute atomic E-state index is 12.3. The van der Waals surface area contributed by atoms with Gasteiger partial charge in [-0.3, -0.25) is 14.1 Å². The van der Waals surface area contributed by atoms with Crippen LogP contribution in [0.5, 0.6) is 0 Å². The minimum absolute atomic E-state index is 0.00601. The van der Waals surface area contributed by atoms with Crippen molar-refractivity contribution in [1.82, 2.24) is 5.32 Å². The van der Waals surface area contributed by atoms with E-state index in [4.69, 9.17) is 19.8 Å². The Kier molecular flexibility index (Phi) is 16.1. The highest BCUT2D eigenvalue weighted by Crippen LogP contribution is 2.34. The first-order valence-electron chi connectivity index (χ1n) is 15.3. The molecule has 0 radical (unpaired) electrons. The third kappa shape index (κ3) is 13.9. The second-order valence-corrected chi connectivity index (χ2v) is 12.6. The Hall–Kier alpha value is -4.06. The van der Waals surface area contributed by atoms with Gasteiger partial charge in [-0.1, -0.05) is 98.1 Å². The Labute approximate surface area is 272 Å². The summed E-state index contributed by atoms with van der Waals surface area (Å²) in [4.78, 5) is 35.2. The van der Waals surface area contributed by atoms with Crippen molar-refractivity contribution in [3.63, 3.8) is 0 Å². The van der Waals surface area contributed by atoms with Crippen LogP contribution in [0, 0.1) is 18.8 Å². The molecule has 1 amide bonds. The molecule has 1 aliphatic rings. The molecule has 3 aromatic rings. The topological polar surface area (TPSA) is 162 Å². The average Bonchev–Trinajstić information content (AvgIpc) is 3.53. The van der Waals surface area contributed by atoms with Gasteiger partial charge in [-0.2, -0.15) is 8.42 Å². The highest BCUT2D eigenvalue weighted by Gasteiger charge is 2.33. The van der Waals surface area contributed by atoms with Crippen LogP contribution in [0.1, 0.15) is 63.1 Å². The number of hydrogen-bond acceptors (Lipinski definition) is 8. The maximum atomic E-state index is 12.3. The quantitative estimate of drug-likeness (QED) is 0.192. The molecular weight excluding hydrogens is 608 g/mol. The van der Waals surface area contributed by atoms with Crippen LogP contribution in [-0.2, 0) is 47.2 Å². The fourth-order valence-electron chi connectivity index (χ4n) is 4.67. The van der Waals surface area contributed by atoms with Gasteiger partial charge in [-0.15, -0.1) is 0 Å². The van der Waals surface area contributed by atoms with Crippen molar-refractivity contribution in [3.8, 4) is 0 Å². The largest absolute Gasteiger partial charge is 0.460 e. The predicted molar refractivity (Wildman–Crippen MR) is 176 cm³/mol. The summed E-state index contributed by atoms with van der Waals surface area (Å²) < 4.78 is 39.7. The first-order valence-corrected chi connectivity index (χ1v) is 16.8. The van der Waals surface area contributed by atoms with E-state index in [1.807, 2.05) is 67.6 Å². The van der Waals surface area contributed by atoms with Crippen LogP contribution in [0.2, 0.25) is 0 Å². The smallest absolute Gasteiger partial charge is 0.328 e. The third-order valence-electron chi connectivity index (χ3n) is 7.37. The van der Waals surface area contributed by atoms with E-state index >= 15 is 0 Å². The van der Waals surface area contributed by atoms with E-state index in [1.165, 1.54) is 12.1 Å². The van der Waals surface area contributed by atoms with Gasteiger partial charge in [0, 0.05) is 5.92 Å². The SMILES string of the molecule is CC[C@@H]1CCC[C@H]1C(=O)N[C@H](C)C(=O)OCc1ccccc1.C[C@@H](N)C(=O)OCc1ccccc1.Cc1ccc(S(=O)(=O)O)cc1. The van der Waals surface area contributed by atoms with Gasteiger partial charge in [0.25, 0.3) is 10.1 Å². The molecule has 11 heteroatoms. The number of carbonyl (C=O) groups excluding carboxylic acids is 3. The monoisotopic (exact) mass is 654 g/mol. The van der Waals surface area contributed by atoms with E-state index in [-0.39, 0.29) is 35.3 Å². The molecule has 1 aliphatic carbocycles. The van der Waals surface area contributed by atoms with E-state index in [0.29, 0.717) is 12.5 Å². The van der Waals surface area contributed by atoms with E-state index in [1.54, 1.807) is 26.0 Å². The second kappa shape index (κ2) is 19.5. The van der Waals surface area contributed by atoms with Crippen molar-refractivity contribution < 1.29 is 36.8 Å². The molecule has 3 aromatic carbocycles. The van der Waals surface area contributed by atoms with Crippen LogP contribution in [-0.4, -0.2) is 42.9 Å². The lowest BCUT2D eigenvalue weighted by Crippen LogP contribution is -2.43. The summed E-state index contributed by atoms with van der Waals surface area (Å²) in [6.45, 7) is 7.78. The molecule has 0 aromatic heterocycles. The molecule has 4 rings (SSSR count). The van der Waals surface area contributed by atoms with Gasteiger partial charge in [0.15, 0.2) is 0 Å². The Balaban J connectivity index is 0.000000261. The molecule has 250 valence electrons. The van der Waals surface area contributed by atoms with Crippen molar-refractivity contribution in [3.05, 3.63) is 102 Å². The Morgan fingerprint density at radius 3 is 1.80 bits per heavy atom. The Morgan fingerprint density at radius 1 is 0.848 bits per heavy atom. The number of esters is 2. The van der Waals surface area contributed by atoms with Crippen LogP contribution in [0.15, 0.2) is 89.8 Å². The number of nitrogens with one attached hydrogen (secondary N) is 1. The summed E-state index contributed by atoms with van der Waals surface area (Å²) >= 11 is 0. The van der Waals surface area contributed by atoms with Crippen molar-refractivity contribution in [1.29, 1.82) is 0 Å². The molecule has 0 saturated heterocycles. The molecule has 0 spiro atoms. The molecule has 0 bridgehead atoms. The van der Waals surface area contributed by atoms with Gasteiger partial charge < -0.3 is 20.5 Å². The van der Waals surface area contributed by atoms with Crippen molar-refractivity contribution in [2.24, 2.45) is 17.6 Å². The van der Waals surface area contributed by atoms with Crippen LogP contribution >= 0.6 is 0 Å². The average molecular weight is 655 g/mol. The number of nitrogens with two attached hydrogens (primary N) is 1. The van der Waals surface area contributed by atoms with Crippen molar-refractivity contribution >= 4 is 28.0 Å². The molecule has 0 heterocycles. The normalized spacial score (nSPS) is 16.7. The lowest BCUT2D eigenvalue weighted by molar-refractivity contribution is -0.149. The number of aryl methyl sites for hydroxylation is 1.